The van der Waals surface area contributed by atoms with Gasteiger partial charge >= 0.3 is 11.9 Å². The summed E-state index contributed by atoms with van der Waals surface area (Å²) in [6, 6.07) is 6.89. The summed E-state index contributed by atoms with van der Waals surface area (Å²) in [4.78, 5) is 22.9. The third-order valence-corrected chi connectivity index (χ3v) is 5.01. The summed E-state index contributed by atoms with van der Waals surface area (Å²) < 4.78 is 35.1. The van der Waals surface area contributed by atoms with Crippen molar-refractivity contribution in [3.8, 4) is 11.8 Å². The van der Waals surface area contributed by atoms with Crippen LogP contribution in [0.5, 0.6) is 11.8 Å². The quantitative estimate of drug-likeness (QED) is 0.409. The van der Waals surface area contributed by atoms with Crippen molar-refractivity contribution in [2.75, 3.05) is 13.2 Å². The molecule has 2 rings (SSSR count). The molecule has 0 bridgehead atoms. The number of aromatic nitrogens is 1. The van der Waals surface area contributed by atoms with Crippen molar-refractivity contribution in [3.05, 3.63) is 54.1 Å². The van der Waals surface area contributed by atoms with Crippen LogP contribution in [0.3, 0.4) is 0 Å². The lowest BCUT2D eigenvalue weighted by atomic mass is 10.2. The molecule has 0 unspecified atom stereocenters. The van der Waals surface area contributed by atoms with E-state index in [2.05, 4.69) is 6.58 Å². The monoisotopic (exact) mass is 395 g/mol. The third-order valence-electron chi connectivity index (χ3n) is 3.30. The minimum absolute atomic E-state index is 0.0755. The summed E-state index contributed by atoms with van der Waals surface area (Å²) in [5, 5.41) is 19.2. The molecular weight excluding hydrogens is 378 g/mol. The Morgan fingerprint density at radius 3 is 2.26 bits per heavy atom. The topological polar surface area (TPSA) is 132 Å². The predicted molar refractivity (Wildman–Crippen MR) is 92.8 cm³/mol. The largest absolute Gasteiger partial charge is 0.494 e. The third kappa shape index (κ3) is 4.47. The van der Waals surface area contributed by atoms with Crippen LogP contribution in [0, 0.1) is 0 Å². The standard InChI is InChI=1S/C17H17NO8S/c1-11(2)16(21)25-8-9-26-17(22)12-4-3-5-13(10-12)27(23,24)18-14(19)6-7-15(18)20/h3-7,10,19-20H,1,8-9H2,2H3. The fourth-order valence-corrected chi connectivity index (χ4v) is 3.36. The first-order valence-corrected chi connectivity index (χ1v) is 9.03. The van der Waals surface area contributed by atoms with E-state index in [-0.39, 0.29) is 29.2 Å². The van der Waals surface area contributed by atoms with Crippen LogP contribution >= 0.6 is 0 Å². The number of hydrogen-bond donors (Lipinski definition) is 2. The van der Waals surface area contributed by atoms with Crippen LogP contribution in [-0.4, -0.2) is 47.8 Å². The smallest absolute Gasteiger partial charge is 0.338 e. The molecule has 144 valence electrons. The van der Waals surface area contributed by atoms with Crippen LogP contribution in [0.25, 0.3) is 0 Å². The Morgan fingerprint density at radius 2 is 1.67 bits per heavy atom. The fourth-order valence-electron chi connectivity index (χ4n) is 2.01. The molecule has 2 aromatic rings. The Morgan fingerprint density at radius 1 is 1.07 bits per heavy atom. The molecule has 1 aromatic carbocycles. The molecule has 0 radical (unpaired) electrons. The fraction of sp³-hybridized carbons (Fsp3) is 0.176. The Balaban J connectivity index is 2.12. The highest BCUT2D eigenvalue weighted by Gasteiger charge is 2.24. The zero-order valence-electron chi connectivity index (χ0n) is 14.3. The molecule has 0 aliphatic carbocycles. The van der Waals surface area contributed by atoms with Gasteiger partial charge in [0.2, 0.25) is 11.8 Å². The lowest BCUT2D eigenvalue weighted by molar-refractivity contribution is -0.140. The molecule has 1 heterocycles. The highest BCUT2D eigenvalue weighted by Crippen LogP contribution is 2.28. The van der Waals surface area contributed by atoms with Crippen molar-refractivity contribution < 1.29 is 37.7 Å². The van der Waals surface area contributed by atoms with Crippen molar-refractivity contribution in [2.45, 2.75) is 11.8 Å². The second kappa shape index (κ2) is 7.96. The van der Waals surface area contributed by atoms with Crippen molar-refractivity contribution in [3.63, 3.8) is 0 Å². The lowest BCUT2D eigenvalue weighted by Crippen LogP contribution is -2.15. The average Bonchev–Trinajstić information content (AvgIpc) is 2.97. The first-order chi connectivity index (χ1) is 12.6. The summed E-state index contributed by atoms with van der Waals surface area (Å²) in [7, 11) is -4.33. The van der Waals surface area contributed by atoms with E-state index < -0.39 is 33.7 Å². The summed E-state index contributed by atoms with van der Waals surface area (Å²) in [6.45, 7) is 4.47. The minimum atomic E-state index is -4.33. The van der Waals surface area contributed by atoms with Crippen molar-refractivity contribution in [1.29, 1.82) is 0 Å². The van der Waals surface area contributed by atoms with Gasteiger partial charge in [-0.15, -0.1) is 0 Å². The summed E-state index contributed by atoms with van der Waals surface area (Å²) in [5.41, 5.74) is 0.129. The van der Waals surface area contributed by atoms with E-state index in [1.54, 1.807) is 0 Å². The van der Waals surface area contributed by atoms with Gasteiger partial charge in [0.15, 0.2) is 0 Å². The van der Waals surface area contributed by atoms with Gasteiger partial charge < -0.3 is 19.7 Å². The van der Waals surface area contributed by atoms with Crippen LogP contribution in [0.2, 0.25) is 0 Å². The van der Waals surface area contributed by atoms with Crippen LogP contribution < -0.4 is 0 Å². The molecule has 2 N–H and O–H groups in total. The number of nitrogens with zero attached hydrogens (tertiary/aromatic N) is 1. The summed E-state index contributed by atoms with van der Waals surface area (Å²) >= 11 is 0. The highest BCUT2D eigenvalue weighted by molar-refractivity contribution is 7.90. The van der Waals surface area contributed by atoms with Crippen molar-refractivity contribution in [1.82, 2.24) is 3.97 Å². The number of aromatic hydroxyl groups is 2. The number of ether oxygens (including phenoxy) is 2. The molecule has 0 saturated heterocycles. The van der Waals surface area contributed by atoms with Gasteiger partial charge in [-0.3, -0.25) is 0 Å². The Kier molecular flexibility index (Phi) is 5.91. The van der Waals surface area contributed by atoms with Gasteiger partial charge in [-0.1, -0.05) is 12.6 Å². The number of esters is 2. The van der Waals surface area contributed by atoms with Gasteiger partial charge in [-0.05, 0) is 25.1 Å². The summed E-state index contributed by atoms with van der Waals surface area (Å²) in [6.07, 6.45) is 0. The zero-order valence-corrected chi connectivity index (χ0v) is 15.1. The SMILES string of the molecule is C=C(C)C(=O)OCCOC(=O)c1cccc(S(=O)(=O)n2c(O)ccc2O)c1. The predicted octanol–water partition coefficient (Wildman–Crippen LogP) is 1.41. The average molecular weight is 395 g/mol. The molecule has 9 nitrogen and oxygen atoms in total. The number of carbonyl (C=O) groups excluding carboxylic acids is 2. The molecule has 0 atom stereocenters. The van der Waals surface area contributed by atoms with Crippen molar-refractivity contribution >= 4 is 22.0 Å². The zero-order chi connectivity index (χ0) is 20.2. The number of benzene rings is 1. The van der Waals surface area contributed by atoms with Gasteiger partial charge in [0, 0.05) is 17.7 Å². The summed E-state index contributed by atoms with van der Waals surface area (Å²) in [5.74, 6) is -2.82. The Hall–Kier alpha value is -3.27. The second-order valence-corrected chi connectivity index (χ2v) is 7.19. The van der Waals surface area contributed by atoms with E-state index in [0.29, 0.717) is 3.97 Å². The minimum Gasteiger partial charge on any atom is -0.494 e. The van der Waals surface area contributed by atoms with Crippen molar-refractivity contribution in [2.24, 2.45) is 0 Å². The van der Waals surface area contributed by atoms with Crippen LogP contribution in [0.1, 0.15) is 17.3 Å². The van der Waals surface area contributed by atoms with E-state index in [0.717, 1.165) is 18.2 Å². The number of rotatable bonds is 7. The molecule has 0 aliphatic rings. The van der Waals surface area contributed by atoms with E-state index in [4.69, 9.17) is 9.47 Å². The van der Waals surface area contributed by atoms with Gasteiger partial charge in [-0.25, -0.2) is 18.0 Å². The molecule has 0 fully saturated rings. The Bertz CT molecular complexity index is 971. The van der Waals surface area contributed by atoms with Crippen LogP contribution in [0.4, 0.5) is 0 Å². The number of carbonyl (C=O) groups is 2. The Labute approximate surface area is 155 Å². The lowest BCUT2D eigenvalue weighted by Gasteiger charge is -2.10. The molecule has 27 heavy (non-hydrogen) atoms. The van der Waals surface area contributed by atoms with E-state index >= 15 is 0 Å². The molecule has 0 spiro atoms. The first kappa shape index (κ1) is 20.0. The normalized spacial score (nSPS) is 11.0. The molecule has 10 heteroatoms. The molecular formula is C17H17NO8S. The maximum Gasteiger partial charge on any atom is 0.338 e. The van der Waals surface area contributed by atoms with Gasteiger partial charge in [0.1, 0.15) is 13.2 Å². The molecule has 0 saturated carbocycles. The maximum atomic E-state index is 12.5. The molecule has 1 aromatic heterocycles. The first-order valence-electron chi connectivity index (χ1n) is 7.59. The molecule has 0 aliphatic heterocycles. The van der Waals surface area contributed by atoms with Gasteiger partial charge in [0.05, 0.1) is 10.5 Å². The van der Waals surface area contributed by atoms with Gasteiger partial charge in [-0.2, -0.15) is 3.97 Å². The highest BCUT2D eigenvalue weighted by atomic mass is 32.2. The maximum absolute atomic E-state index is 12.5. The second-order valence-electron chi connectivity index (χ2n) is 5.40. The van der Waals surface area contributed by atoms with E-state index in [1.165, 1.54) is 25.1 Å². The molecule has 0 amide bonds. The van der Waals surface area contributed by atoms with Crippen LogP contribution in [-0.2, 0) is 24.3 Å². The van der Waals surface area contributed by atoms with E-state index in [1.807, 2.05) is 0 Å². The van der Waals surface area contributed by atoms with Crippen LogP contribution in [0.15, 0.2) is 53.4 Å². The van der Waals surface area contributed by atoms with E-state index in [9.17, 15) is 28.2 Å². The number of hydrogen-bond acceptors (Lipinski definition) is 8. The van der Waals surface area contributed by atoms with Gasteiger partial charge in [0.25, 0.3) is 10.0 Å².